The van der Waals surface area contributed by atoms with E-state index >= 15 is 0 Å². The minimum Gasteiger partial charge on any atom is -0.313 e. The van der Waals surface area contributed by atoms with Crippen LogP contribution in [0.25, 0.3) is 0 Å². The molecular weight excluding hydrogens is 274 g/mol. The van der Waals surface area contributed by atoms with E-state index in [9.17, 15) is 0 Å². The van der Waals surface area contributed by atoms with E-state index < -0.39 is 0 Å². The average Bonchev–Trinajstić information content (AvgIpc) is 2.53. The number of rotatable bonds is 7. The summed E-state index contributed by atoms with van der Waals surface area (Å²) in [4.78, 5) is 1.41. The Kier molecular flexibility index (Phi) is 7.12. The van der Waals surface area contributed by atoms with Gasteiger partial charge in [-0.15, -0.1) is 11.8 Å². The van der Waals surface area contributed by atoms with Crippen molar-refractivity contribution in [3.05, 3.63) is 29.8 Å². The second kappa shape index (κ2) is 8.85. The predicted molar refractivity (Wildman–Crippen MR) is 95.1 cm³/mol. The average molecular weight is 306 g/mol. The van der Waals surface area contributed by atoms with Crippen LogP contribution < -0.4 is 5.32 Å². The molecule has 1 aliphatic rings. The number of hydrogen-bond acceptors (Lipinski definition) is 2. The van der Waals surface area contributed by atoms with Gasteiger partial charge < -0.3 is 5.32 Å². The van der Waals surface area contributed by atoms with E-state index in [0.29, 0.717) is 6.04 Å². The second-order valence-corrected chi connectivity index (χ2v) is 7.57. The fourth-order valence-corrected chi connectivity index (χ4v) is 4.53. The molecule has 2 rings (SSSR count). The topological polar surface area (TPSA) is 12.0 Å². The molecule has 2 heteroatoms. The predicted octanol–water partition coefficient (Wildman–Crippen LogP) is 5.28. The number of thioether (sulfide) groups is 1. The summed E-state index contributed by atoms with van der Waals surface area (Å²) in [5, 5.41) is 3.75. The van der Waals surface area contributed by atoms with Gasteiger partial charge in [0.05, 0.1) is 0 Å². The van der Waals surface area contributed by atoms with Gasteiger partial charge in [0.15, 0.2) is 0 Å². The van der Waals surface area contributed by atoms with E-state index in [1.807, 2.05) is 11.8 Å². The van der Waals surface area contributed by atoms with E-state index in [-0.39, 0.29) is 0 Å². The van der Waals surface area contributed by atoms with E-state index in [4.69, 9.17) is 0 Å². The van der Waals surface area contributed by atoms with Crippen molar-refractivity contribution in [3.8, 4) is 0 Å². The van der Waals surface area contributed by atoms with Crippen LogP contribution in [0.3, 0.4) is 0 Å². The lowest BCUT2D eigenvalue weighted by Crippen LogP contribution is -2.40. The van der Waals surface area contributed by atoms with Gasteiger partial charge >= 0.3 is 0 Å². The highest BCUT2D eigenvalue weighted by molar-refractivity contribution is 7.99. The summed E-state index contributed by atoms with van der Waals surface area (Å²) >= 11 is 2.01. The molecule has 21 heavy (non-hydrogen) atoms. The molecule has 0 saturated heterocycles. The molecule has 1 aromatic carbocycles. The molecule has 0 amide bonds. The molecule has 1 saturated carbocycles. The molecule has 1 aromatic rings. The van der Waals surface area contributed by atoms with Gasteiger partial charge in [0, 0.05) is 16.7 Å². The molecule has 1 unspecified atom stereocenters. The van der Waals surface area contributed by atoms with Gasteiger partial charge in [0.2, 0.25) is 0 Å². The van der Waals surface area contributed by atoms with Crippen molar-refractivity contribution in [2.75, 3.05) is 12.3 Å². The lowest BCUT2D eigenvalue weighted by Gasteiger charge is -2.34. The first-order valence-electron chi connectivity index (χ1n) is 8.65. The first-order chi connectivity index (χ1) is 10.2. The fourth-order valence-electron chi connectivity index (χ4n) is 3.44. The van der Waals surface area contributed by atoms with Crippen molar-refractivity contribution < 1.29 is 0 Å². The Balaban J connectivity index is 1.85. The first kappa shape index (κ1) is 16.9. The molecule has 1 atom stereocenters. The maximum absolute atomic E-state index is 3.75. The first-order valence-corrected chi connectivity index (χ1v) is 9.64. The summed E-state index contributed by atoms with van der Waals surface area (Å²) < 4.78 is 0. The number of hydrogen-bond donors (Lipinski definition) is 1. The van der Waals surface area contributed by atoms with Crippen molar-refractivity contribution in [1.29, 1.82) is 0 Å². The lowest BCUT2D eigenvalue weighted by molar-refractivity contribution is 0.229. The van der Waals surface area contributed by atoms with Crippen molar-refractivity contribution in [1.82, 2.24) is 5.32 Å². The normalized spacial score (nSPS) is 24.0. The van der Waals surface area contributed by atoms with Gasteiger partial charge in [0.1, 0.15) is 0 Å². The summed E-state index contributed by atoms with van der Waals surface area (Å²) in [6, 6.07) is 9.64. The van der Waals surface area contributed by atoms with E-state index in [1.165, 1.54) is 48.3 Å². The molecule has 1 N–H and O–H groups in total. The highest BCUT2D eigenvalue weighted by atomic mass is 32.2. The van der Waals surface area contributed by atoms with Crippen molar-refractivity contribution in [3.63, 3.8) is 0 Å². The number of nitrogens with one attached hydrogen (secondary N) is 1. The molecule has 118 valence electrons. The van der Waals surface area contributed by atoms with Crippen LogP contribution in [0.4, 0.5) is 0 Å². The molecule has 0 bridgehead atoms. The third kappa shape index (κ3) is 5.34. The Morgan fingerprint density at radius 3 is 2.33 bits per heavy atom. The molecular formula is C19H31NS. The van der Waals surface area contributed by atoms with E-state index in [2.05, 4.69) is 50.4 Å². The SMILES string of the molecule is CCNC(CSc1ccc(C)cc1)C1CCC(CC)CC1. The molecule has 0 aliphatic heterocycles. The summed E-state index contributed by atoms with van der Waals surface area (Å²) in [6.45, 7) is 7.83. The van der Waals surface area contributed by atoms with Crippen molar-refractivity contribution >= 4 is 11.8 Å². The minimum absolute atomic E-state index is 0.680. The molecule has 1 fully saturated rings. The van der Waals surface area contributed by atoms with Gasteiger partial charge in [0.25, 0.3) is 0 Å². The van der Waals surface area contributed by atoms with Gasteiger partial charge in [-0.3, -0.25) is 0 Å². The van der Waals surface area contributed by atoms with Crippen LogP contribution in [0.5, 0.6) is 0 Å². The highest BCUT2D eigenvalue weighted by Crippen LogP contribution is 2.34. The van der Waals surface area contributed by atoms with Crippen molar-refractivity contribution in [2.45, 2.75) is 63.8 Å². The minimum atomic E-state index is 0.680. The fraction of sp³-hybridized carbons (Fsp3) is 0.684. The summed E-state index contributed by atoms with van der Waals surface area (Å²) in [5.74, 6) is 3.08. The van der Waals surface area contributed by atoms with Crippen LogP contribution in [-0.4, -0.2) is 18.3 Å². The van der Waals surface area contributed by atoms with Crippen LogP contribution in [0.1, 0.15) is 51.5 Å². The number of benzene rings is 1. The smallest absolute Gasteiger partial charge is 0.0189 e. The molecule has 0 heterocycles. The Labute approximate surface area is 135 Å². The van der Waals surface area contributed by atoms with Crippen molar-refractivity contribution in [2.24, 2.45) is 11.8 Å². The number of aryl methyl sites for hydroxylation is 1. The van der Waals surface area contributed by atoms with Crippen LogP contribution in [0.2, 0.25) is 0 Å². The largest absolute Gasteiger partial charge is 0.313 e. The third-order valence-electron chi connectivity index (χ3n) is 4.95. The Morgan fingerprint density at radius 2 is 1.76 bits per heavy atom. The van der Waals surface area contributed by atoms with Gasteiger partial charge in [-0.25, -0.2) is 0 Å². The summed E-state index contributed by atoms with van der Waals surface area (Å²) in [5.41, 5.74) is 1.35. The van der Waals surface area contributed by atoms with E-state index in [0.717, 1.165) is 18.4 Å². The maximum Gasteiger partial charge on any atom is 0.0189 e. The maximum atomic E-state index is 3.75. The summed E-state index contributed by atoms with van der Waals surface area (Å²) in [6.07, 6.45) is 7.10. The summed E-state index contributed by atoms with van der Waals surface area (Å²) in [7, 11) is 0. The van der Waals surface area contributed by atoms with Crippen LogP contribution in [0, 0.1) is 18.8 Å². The zero-order valence-corrected chi connectivity index (χ0v) is 14.7. The Hall–Kier alpha value is -0.470. The van der Waals surface area contributed by atoms with E-state index in [1.54, 1.807) is 0 Å². The van der Waals surface area contributed by atoms with Gasteiger partial charge in [-0.05, 0) is 50.3 Å². The molecule has 0 aromatic heterocycles. The third-order valence-corrected chi connectivity index (χ3v) is 6.09. The van der Waals surface area contributed by atoms with Crippen LogP contribution in [0.15, 0.2) is 29.2 Å². The second-order valence-electron chi connectivity index (χ2n) is 6.48. The zero-order chi connectivity index (χ0) is 15.1. The standard InChI is InChI=1S/C19H31NS/c1-4-16-8-10-17(11-9-16)19(20-5-2)14-21-18-12-6-15(3)7-13-18/h6-7,12-13,16-17,19-20H,4-5,8-11,14H2,1-3H3. The molecule has 0 spiro atoms. The van der Waals surface area contributed by atoms with Crippen LogP contribution >= 0.6 is 11.8 Å². The Morgan fingerprint density at radius 1 is 1.10 bits per heavy atom. The highest BCUT2D eigenvalue weighted by Gasteiger charge is 2.26. The lowest BCUT2D eigenvalue weighted by atomic mass is 9.78. The zero-order valence-electron chi connectivity index (χ0n) is 13.9. The van der Waals surface area contributed by atoms with Gasteiger partial charge in [-0.2, -0.15) is 0 Å². The molecule has 1 nitrogen and oxygen atoms in total. The monoisotopic (exact) mass is 305 g/mol. The Bertz CT molecular complexity index is 393. The van der Waals surface area contributed by atoms with Gasteiger partial charge in [-0.1, -0.05) is 50.8 Å². The molecule has 1 aliphatic carbocycles. The quantitative estimate of drug-likeness (QED) is 0.688. The molecule has 0 radical (unpaired) electrons. The van der Waals surface area contributed by atoms with Crippen LogP contribution in [-0.2, 0) is 0 Å².